The lowest BCUT2D eigenvalue weighted by Crippen LogP contribution is -2.08. The van der Waals surface area contributed by atoms with E-state index in [1.54, 1.807) is 11.3 Å². The maximum absolute atomic E-state index is 8.82. The molecule has 0 aliphatic carbocycles. The fourth-order valence-electron chi connectivity index (χ4n) is 1.34. The minimum Gasteiger partial charge on any atom is -0.396 e. The Kier molecular flexibility index (Phi) is 4.29. The highest BCUT2D eigenvalue weighted by Crippen LogP contribution is 2.24. The van der Waals surface area contributed by atoms with E-state index in [0.29, 0.717) is 12.5 Å². The molecule has 1 rings (SSSR count). The maximum atomic E-state index is 8.82. The molecule has 0 amide bonds. The Morgan fingerprint density at radius 1 is 1.50 bits per heavy atom. The molecule has 0 bridgehead atoms. The van der Waals surface area contributed by atoms with Crippen molar-refractivity contribution in [1.29, 1.82) is 0 Å². The molecule has 0 aromatic carbocycles. The number of rotatable bonds is 5. The van der Waals surface area contributed by atoms with Crippen LogP contribution in [0.25, 0.3) is 0 Å². The lowest BCUT2D eigenvalue weighted by molar-refractivity contribution is 0.273. The second-order valence-corrected chi connectivity index (χ2v) is 3.62. The van der Waals surface area contributed by atoms with Crippen LogP contribution in [0.4, 0.5) is 0 Å². The van der Waals surface area contributed by atoms with Crippen molar-refractivity contribution >= 4 is 11.3 Å². The van der Waals surface area contributed by atoms with Gasteiger partial charge in [-0.3, -0.25) is 0 Å². The summed E-state index contributed by atoms with van der Waals surface area (Å²) in [5.41, 5.74) is 6.81. The standard InChI is InChI=1S/C9H15NOS/c10-4-1-8(2-5-11)9-3-6-12-7-9/h3,6-8,11H,1-2,4-5,10H2. The van der Waals surface area contributed by atoms with Gasteiger partial charge in [0.1, 0.15) is 0 Å². The van der Waals surface area contributed by atoms with Gasteiger partial charge in [0, 0.05) is 6.61 Å². The Bertz CT molecular complexity index is 192. The van der Waals surface area contributed by atoms with Crippen molar-refractivity contribution in [2.45, 2.75) is 18.8 Å². The van der Waals surface area contributed by atoms with Gasteiger partial charge in [-0.15, -0.1) is 0 Å². The molecule has 0 saturated carbocycles. The average molecular weight is 185 g/mol. The minimum atomic E-state index is 0.251. The monoisotopic (exact) mass is 185 g/mol. The summed E-state index contributed by atoms with van der Waals surface area (Å²) in [5, 5.41) is 13.0. The molecule has 1 heterocycles. The van der Waals surface area contributed by atoms with E-state index in [2.05, 4.69) is 16.8 Å². The molecule has 1 aromatic heterocycles. The molecular weight excluding hydrogens is 170 g/mol. The molecule has 1 aromatic rings. The third-order valence-electron chi connectivity index (χ3n) is 2.01. The molecule has 1 atom stereocenters. The van der Waals surface area contributed by atoms with Gasteiger partial charge in [0.2, 0.25) is 0 Å². The van der Waals surface area contributed by atoms with Gasteiger partial charge in [-0.05, 0) is 47.7 Å². The van der Waals surface area contributed by atoms with E-state index in [-0.39, 0.29) is 6.61 Å². The highest BCUT2D eigenvalue weighted by atomic mass is 32.1. The molecule has 12 heavy (non-hydrogen) atoms. The van der Waals surface area contributed by atoms with Gasteiger partial charge in [0.15, 0.2) is 0 Å². The summed E-state index contributed by atoms with van der Waals surface area (Å²) >= 11 is 1.70. The topological polar surface area (TPSA) is 46.2 Å². The van der Waals surface area contributed by atoms with Crippen LogP contribution >= 0.6 is 11.3 Å². The summed E-state index contributed by atoms with van der Waals surface area (Å²) in [6.07, 6.45) is 1.80. The second kappa shape index (κ2) is 5.30. The van der Waals surface area contributed by atoms with E-state index in [1.807, 2.05) is 0 Å². The van der Waals surface area contributed by atoms with Crippen LogP contribution in [-0.2, 0) is 0 Å². The summed E-state index contributed by atoms with van der Waals surface area (Å²) in [6.45, 7) is 0.945. The van der Waals surface area contributed by atoms with Crippen LogP contribution in [0.2, 0.25) is 0 Å². The third-order valence-corrected chi connectivity index (χ3v) is 2.71. The molecular formula is C9H15NOS. The van der Waals surface area contributed by atoms with Gasteiger partial charge in [0.05, 0.1) is 0 Å². The first-order chi connectivity index (χ1) is 5.88. The van der Waals surface area contributed by atoms with E-state index in [9.17, 15) is 0 Å². The normalized spacial score (nSPS) is 13.2. The van der Waals surface area contributed by atoms with Crippen molar-refractivity contribution in [3.63, 3.8) is 0 Å². The molecule has 0 saturated heterocycles. The Morgan fingerprint density at radius 3 is 2.83 bits per heavy atom. The largest absolute Gasteiger partial charge is 0.396 e. The minimum absolute atomic E-state index is 0.251. The van der Waals surface area contributed by atoms with Gasteiger partial charge in [-0.2, -0.15) is 11.3 Å². The Hall–Kier alpha value is -0.380. The number of hydrogen-bond acceptors (Lipinski definition) is 3. The summed E-state index contributed by atoms with van der Waals surface area (Å²) in [5.74, 6) is 0.450. The van der Waals surface area contributed by atoms with Crippen molar-refractivity contribution in [3.8, 4) is 0 Å². The van der Waals surface area contributed by atoms with E-state index in [0.717, 1.165) is 12.8 Å². The number of aliphatic hydroxyl groups excluding tert-OH is 1. The van der Waals surface area contributed by atoms with Gasteiger partial charge >= 0.3 is 0 Å². The number of nitrogens with two attached hydrogens (primary N) is 1. The van der Waals surface area contributed by atoms with Crippen LogP contribution in [0.15, 0.2) is 16.8 Å². The lowest BCUT2D eigenvalue weighted by atomic mass is 9.95. The average Bonchev–Trinajstić information content (AvgIpc) is 2.56. The zero-order valence-corrected chi connectivity index (χ0v) is 7.89. The van der Waals surface area contributed by atoms with Gasteiger partial charge in [-0.25, -0.2) is 0 Å². The molecule has 0 fully saturated rings. The third kappa shape index (κ3) is 2.59. The summed E-state index contributed by atoms with van der Waals surface area (Å²) in [4.78, 5) is 0. The molecule has 0 aliphatic rings. The predicted molar refractivity (Wildman–Crippen MR) is 52.4 cm³/mol. The Balaban J connectivity index is 2.53. The lowest BCUT2D eigenvalue weighted by Gasteiger charge is -2.12. The Morgan fingerprint density at radius 2 is 2.33 bits per heavy atom. The number of thiophene rings is 1. The highest BCUT2D eigenvalue weighted by molar-refractivity contribution is 7.07. The zero-order valence-electron chi connectivity index (χ0n) is 7.07. The van der Waals surface area contributed by atoms with E-state index in [4.69, 9.17) is 10.8 Å². The van der Waals surface area contributed by atoms with Crippen LogP contribution in [0.5, 0.6) is 0 Å². The van der Waals surface area contributed by atoms with Crippen molar-refractivity contribution in [1.82, 2.24) is 0 Å². The quantitative estimate of drug-likeness (QED) is 0.731. The zero-order chi connectivity index (χ0) is 8.81. The van der Waals surface area contributed by atoms with Gasteiger partial charge in [0.25, 0.3) is 0 Å². The molecule has 0 radical (unpaired) electrons. The second-order valence-electron chi connectivity index (χ2n) is 2.84. The van der Waals surface area contributed by atoms with Crippen LogP contribution in [0, 0.1) is 0 Å². The summed E-state index contributed by atoms with van der Waals surface area (Å²) < 4.78 is 0. The smallest absolute Gasteiger partial charge is 0.0436 e. The molecule has 0 spiro atoms. The van der Waals surface area contributed by atoms with E-state index in [1.165, 1.54) is 5.56 Å². The van der Waals surface area contributed by atoms with Crippen molar-refractivity contribution < 1.29 is 5.11 Å². The fourth-order valence-corrected chi connectivity index (χ4v) is 2.08. The first kappa shape index (κ1) is 9.71. The van der Waals surface area contributed by atoms with Gasteiger partial charge in [-0.1, -0.05) is 0 Å². The van der Waals surface area contributed by atoms with Crippen molar-refractivity contribution in [2.75, 3.05) is 13.2 Å². The van der Waals surface area contributed by atoms with Crippen LogP contribution < -0.4 is 5.73 Å². The molecule has 3 heteroatoms. The SMILES string of the molecule is NCCC(CCO)c1ccsc1. The van der Waals surface area contributed by atoms with Crippen molar-refractivity contribution in [3.05, 3.63) is 22.4 Å². The molecule has 3 N–H and O–H groups in total. The molecule has 1 unspecified atom stereocenters. The van der Waals surface area contributed by atoms with E-state index < -0.39 is 0 Å². The van der Waals surface area contributed by atoms with Crippen molar-refractivity contribution in [2.24, 2.45) is 5.73 Å². The van der Waals surface area contributed by atoms with Crippen LogP contribution in [-0.4, -0.2) is 18.3 Å². The maximum Gasteiger partial charge on any atom is 0.0436 e. The molecule has 68 valence electrons. The molecule has 0 aliphatic heterocycles. The number of hydrogen-bond donors (Lipinski definition) is 2. The summed E-state index contributed by atoms with van der Waals surface area (Å²) in [7, 11) is 0. The predicted octanol–water partition coefficient (Wildman–Crippen LogP) is 1.56. The first-order valence-corrected chi connectivity index (χ1v) is 5.15. The van der Waals surface area contributed by atoms with Crippen LogP contribution in [0.1, 0.15) is 24.3 Å². The van der Waals surface area contributed by atoms with E-state index >= 15 is 0 Å². The van der Waals surface area contributed by atoms with Crippen LogP contribution in [0.3, 0.4) is 0 Å². The Labute approximate surface area is 77.0 Å². The fraction of sp³-hybridized carbons (Fsp3) is 0.556. The highest BCUT2D eigenvalue weighted by Gasteiger charge is 2.09. The summed E-state index contributed by atoms with van der Waals surface area (Å²) in [6, 6.07) is 2.11. The van der Waals surface area contributed by atoms with Gasteiger partial charge < -0.3 is 10.8 Å². The molecule has 2 nitrogen and oxygen atoms in total. The number of aliphatic hydroxyl groups is 1. The first-order valence-electron chi connectivity index (χ1n) is 4.21.